The van der Waals surface area contributed by atoms with Crippen molar-refractivity contribution >= 4 is 17.3 Å². The standard InChI is InChI=1S/C11H18N2OS/c1-5-14-7-6-13-9(2)8-11(3,4)12-10(13)15/h5,8H,1,6-7H2,2-4H3,(H,12,15). The van der Waals surface area contributed by atoms with Gasteiger partial charge in [0.05, 0.1) is 18.3 Å². The third kappa shape index (κ3) is 3.23. The van der Waals surface area contributed by atoms with E-state index in [1.165, 1.54) is 6.26 Å². The van der Waals surface area contributed by atoms with E-state index in [0.717, 1.165) is 17.4 Å². The van der Waals surface area contributed by atoms with Gasteiger partial charge in [0.25, 0.3) is 0 Å². The van der Waals surface area contributed by atoms with Crippen molar-refractivity contribution in [1.82, 2.24) is 10.2 Å². The smallest absolute Gasteiger partial charge is 0.173 e. The van der Waals surface area contributed by atoms with E-state index in [9.17, 15) is 0 Å². The maximum absolute atomic E-state index is 5.30. The highest BCUT2D eigenvalue weighted by Gasteiger charge is 2.25. The molecule has 1 N–H and O–H groups in total. The molecule has 0 aromatic rings. The first kappa shape index (κ1) is 12.0. The Labute approximate surface area is 96.8 Å². The minimum absolute atomic E-state index is 0.0586. The number of thiocarbonyl (C=S) groups is 1. The maximum atomic E-state index is 5.30. The number of ether oxygens (including phenoxy) is 1. The summed E-state index contributed by atoms with van der Waals surface area (Å²) in [6.07, 6.45) is 3.61. The van der Waals surface area contributed by atoms with Gasteiger partial charge in [0.2, 0.25) is 0 Å². The number of hydrogen-bond donors (Lipinski definition) is 1. The maximum Gasteiger partial charge on any atom is 0.173 e. The van der Waals surface area contributed by atoms with Gasteiger partial charge in [-0.1, -0.05) is 6.58 Å². The molecule has 0 unspecified atom stereocenters. The second kappa shape index (κ2) is 4.66. The van der Waals surface area contributed by atoms with Crippen LogP contribution in [0.4, 0.5) is 0 Å². The van der Waals surface area contributed by atoms with Gasteiger partial charge in [-0.05, 0) is 39.1 Å². The summed E-state index contributed by atoms with van der Waals surface area (Å²) in [5.74, 6) is 0. The van der Waals surface area contributed by atoms with Crippen molar-refractivity contribution < 1.29 is 4.74 Å². The van der Waals surface area contributed by atoms with Crippen LogP contribution in [0.15, 0.2) is 24.6 Å². The minimum atomic E-state index is -0.0586. The molecule has 15 heavy (non-hydrogen) atoms. The number of nitrogens with zero attached hydrogens (tertiary/aromatic N) is 1. The van der Waals surface area contributed by atoms with E-state index in [-0.39, 0.29) is 5.54 Å². The van der Waals surface area contributed by atoms with Crippen LogP contribution in [0.3, 0.4) is 0 Å². The van der Waals surface area contributed by atoms with Gasteiger partial charge in [-0.2, -0.15) is 0 Å². The first-order valence-corrected chi connectivity index (χ1v) is 5.39. The van der Waals surface area contributed by atoms with Crippen molar-refractivity contribution in [3.63, 3.8) is 0 Å². The number of nitrogens with one attached hydrogen (secondary N) is 1. The van der Waals surface area contributed by atoms with E-state index in [2.05, 4.69) is 38.7 Å². The van der Waals surface area contributed by atoms with Gasteiger partial charge in [-0.15, -0.1) is 0 Å². The predicted octanol–water partition coefficient (Wildman–Crippen LogP) is 2.02. The Morgan fingerprint density at radius 3 is 2.87 bits per heavy atom. The van der Waals surface area contributed by atoms with Crippen LogP contribution in [0, 0.1) is 0 Å². The normalized spacial score (nSPS) is 19.3. The van der Waals surface area contributed by atoms with Crippen LogP contribution in [0.1, 0.15) is 20.8 Å². The Hall–Kier alpha value is -1.03. The highest BCUT2D eigenvalue weighted by atomic mass is 32.1. The summed E-state index contributed by atoms with van der Waals surface area (Å²) in [6.45, 7) is 11.1. The molecule has 0 aliphatic carbocycles. The lowest BCUT2D eigenvalue weighted by Gasteiger charge is -2.38. The molecule has 0 aromatic heterocycles. The van der Waals surface area contributed by atoms with Crippen LogP contribution in [0.5, 0.6) is 0 Å². The van der Waals surface area contributed by atoms with E-state index < -0.39 is 0 Å². The highest BCUT2D eigenvalue weighted by molar-refractivity contribution is 7.80. The quantitative estimate of drug-likeness (QED) is 0.450. The van der Waals surface area contributed by atoms with Crippen molar-refractivity contribution in [2.45, 2.75) is 26.3 Å². The zero-order chi connectivity index (χ0) is 11.5. The summed E-state index contributed by atoms with van der Waals surface area (Å²) in [5.41, 5.74) is 1.10. The molecule has 0 bridgehead atoms. The molecule has 0 fully saturated rings. The molecule has 84 valence electrons. The molecule has 1 aliphatic heterocycles. The van der Waals surface area contributed by atoms with Crippen LogP contribution < -0.4 is 5.32 Å². The SMILES string of the molecule is C=COCCN1C(=S)NC(C)(C)C=C1C. The molecular formula is C11H18N2OS. The van der Waals surface area contributed by atoms with E-state index in [1.54, 1.807) is 0 Å². The molecular weight excluding hydrogens is 208 g/mol. The molecule has 0 aromatic carbocycles. The Kier molecular flexibility index (Phi) is 3.74. The van der Waals surface area contributed by atoms with Crippen LogP contribution in [0.2, 0.25) is 0 Å². The zero-order valence-electron chi connectivity index (χ0n) is 9.54. The van der Waals surface area contributed by atoms with Crippen molar-refractivity contribution in [2.75, 3.05) is 13.2 Å². The topological polar surface area (TPSA) is 24.5 Å². The summed E-state index contributed by atoms with van der Waals surface area (Å²) in [6, 6.07) is 0. The van der Waals surface area contributed by atoms with Crippen molar-refractivity contribution in [3.8, 4) is 0 Å². The lowest BCUT2D eigenvalue weighted by atomic mass is 10.0. The molecule has 0 radical (unpaired) electrons. The van der Waals surface area contributed by atoms with Crippen molar-refractivity contribution in [1.29, 1.82) is 0 Å². The van der Waals surface area contributed by atoms with Gasteiger partial charge >= 0.3 is 0 Å². The van der Waals surface area contributed by atoms with E-state index in [0.29, 0.717) is 6.61 Å². The number of hydrogen-bond acceptors (Lipinski definition) is 2. The largest absolute Gasteiger partial charge is 0.500 e. The van der Waals surface area contributed by atoms with Gasteiger partial charge in [-0.3, -0.25) is 0 Å². The average Bonchev–Trinajstić information content (AvgIpc) is 2.08. The Morgan fingerprint density at radius 2 is 2.33 bits per heavy atom. The molecule has 3 nitrogen and oxygen atoms in total. The zero-order valence-corrected chi connectivity index (χ0v) is 10.4. The van der Waals surface area contributed by atoms with Gasteiger partial charge < -0.3 is 15.0 Å². The molecule has 1 aliphatic rings. The third-order valence-electron chi connectivity index (χ3n) is 2.22. The Morgan fingerprint density at radius 1 is 1.67 bits per heavy atom. The van der Waals surface area contributed by atoms with Crippen LogP contribution >= 0.6 is 12.2 Å². The minimum Gasteiger partial charge on any atom is -0.500 e. The van der Waals surface area contributed by atoms with Crippen molar-refractivity contribution in [3.05, 3.63) is 24.6 Å². The Balaban J connectivity index is 2.65. The van der Waals surface area contributed by atoms with E-state index >= 15 is 0 Å². The lowest BCUT2D eigenvalue weighted by molar-refractivity contribution is 0.226. The molecule has 4 heteroatoms. The molecule has 1 heterocycles. The second-order valence-electron chi connectivity index (χ2n) is 4.13. The third-order valence-corrected chi connectivity index (χ3v) is 2.54. The summed E-state index contributed by atoms with van der Waals surface area (Å²) >= 11 is 5.30. The van der Waals surface area contributed by atoms with Gasteiger partial charge in [0, 0.05) is 5.70 Å². The van der Waals surface area contributed by atoms with Crippen LogP contribution in [-0.4, -0.2) is 28.7 Å². The highest BCUT2D eigenvalue weighted by Crippen LogP contribution is 2.18. The molecule has 0 atom stereocenters. The van der Waals surface area contributed by atoms with Crippen LogP contribution in [0.25, 0.3) is 0 Å². The fraction of sp³-hybridized carbons (Fsp3) is 0.545. The fourth-order valence-corrected chi connectivity index (χ4v) is 2.14. The number of rotatable bonds is 4. The van der Waals surface area contributed by atoms with E-state index in [4.69, 9.17) is 17.0 Å². The Bertz CT molecular complexity index is 297. The molecule has 0 saturated carbocycles. The molecule has 1 rings (SSSR count). The van der Waals surface area contributed by atoms with Crippen molar-refractivity contribution in [2.24, 2.45) is 0 Å². The summed E-state index contributed by atoms with van der Waals surface area (Å²) in [4.78, 5) is 2.03. The predicted molar refractivity (Wildman–Crippen MR) is 66.4 cm³/mol. The van der Waals surface area contributed by atoms with Gasteiger partial charge in [-0.25, -0.2) is 0 Å². The van der Waals surface area contributed by atoms with Crippen LogP contribution in [-0.2, 0) is 4.74 Å². The number of allylic oxidation sites excluding steroid dienone is 1. The summed E-state index contributed by atoms with van der Waals surface area (Å²) < 4.78 is 5.09. The fourth-order valence-electron chi connectivity index (χ4n) is 1.64. The monoisotopic (exact) mass is 226 g/mol. The molecule has 0 amide bonds. The summed E-state index contributed by atoms with van der Waals surface area (Å²) in [7, 11) is 0. The first-order chi connectivity index (χ1) is 6.96. The first-order valence-electron chi connectivity index (χ1n) is 4.98. The average molecular weight is 226 g/mol. The lowest BCUT2D eigenvalue weighted by Crippen LogP contribution is -2.53. The molecule has 0 spiro atoms. The second-order valence-corrected chi connectivity index (χ2v) is 4.51. The molecule has 0 saturated heterocycles. The summed E-state index contributed by atoms with van der Waals surface area (Å²) in [5, 5.41) is 4.02. The van der Waals surface area contributed by atoms with Gasteiger partial charge in [0.15, 0.2) is 5.11 Å². The van der Waals surface area contributed by atoms with Gasteiger partial charge in [0.1, 0.15) is 6.61 Å². The van der Waals surface area contributed by atoms with E-state index in [1.807, 2.05) is 4.90 Å².